The maximum absolute atomic E-state index is 8.89. The summed E-state index contributed by atoms with van der Waals surface area (Å²) in [5.41, 5.74) is 9.77. The summed E-state index contributed by atoms with van der Waals surface area (Å²) in [5, 5.41) is 4.45. The molecule has 0 radical (unpaired) electrons. The van der Waals surface area contributed by atoms with Crippen LogP contribution in [0, 0.1) is 6.33 Å². The van der Waals surface area contributed by atoms with Crippen LogP contribution in [0.5, 0.6) is 11.5 Å². The highest BCUT2D eigenvalue weighted by molar-refractivity contribution is 6.16. The lowest BCUT2D eigenvalue weighted by molar-refractivity contribution is -0.649. The van der Waals surface area contributed by atoms with E-state index < -0.39 is 6.98 Å². The van der Waals surface area contributed by atoms with Crippen LogP contribution >= 0.6 is 0 Å². The molecule has 0 aliphatic carbocycles. The Morgan fingerprint density at radius 2 is 1.24 bits per heavy atom. The van der Waals surface area contributed by atoms with Crippen LogP contribution in [0.3, 0.4) is 0 Å². The van der Waals surface area contributed by atoms with Crippen molar-refractivity contribution in [2.75, 3.05) is 0 Å². The van der Waals surface area contributed by atoms with Gasteiger partial charge in [0.15, 0.2) is 0 Å². The first-order chi connectivity index (χ1) is 30.0. The standard InChI is InChI=1S/C53H41N5O/c1-53(2,3)44-30-29-42-40-21-9-10-23-45(40)57(35-16-6-5-7-17-35)52(42)50(44)43-22-15-25-47-51(43)55(4)34-56(47)36-18-14-19-37(32-36)59-38-27-28-41-39-20-8-11-24-46(39)58(48(41)33-38)49-26-12-13-31-54-49/h5-33H,1-4H3/i4D3. The molecule has 59 heavy (non-hydrogen) atoms. The smallest absolute Gasteiger partial charge is 0.244 e. The molecule has 0 aliphatic heterocycles. The molecule has 11 aromatic rings. The fourth-order valence-electron chi connectivity index (χ4n) is 8.92. The first-order valence-electron chi connectivity index (χ1n) is 21.4. The van der Waals surface area contributed by atoms with E-state index in [2.05, 4.69) is 132 Å². The molecule has 0 bridgehead atoms. The molecule has 4 heterocycles. The number of benzene rings is 7. The van der Waals surface area contributed by atoms with Gasteiger partial charge in [0.25, 0.3) is 0 Å². The number of aryl methyl sites for hydroxylation is 1. The van der Waals surface area contributed by atoms with Crippen LogP contribution in [0.4, 0.5) is 0 Å². The van der Waals surface area contributed by atoms with Gasteiger partial charge < -0.3 is 18.4 Å². The van der Waals surface area contributed by atoms with E-state index in [-0.39, 0.29) is 5.41 Å². The number of rotatable bonds is 6. The number of hydrogen-bond acceptors (Lipinski definition) is 2. The first-order valence-corrected chi connectivity index (χ1v) is 19.9. The summed E-state index contributed by atoms with van der Waals surface area (Å²) in [5.74, 6) is 2.08. The van der Waals surface area contributed by atoms with Gasteiger partial charge in [0.2, 0.25) is 6.33 Å². The fraction of sp³-hybridized carbons (Fsp3) is 0.0943. The van der Waals surface area contributed by atoms with Crippen molar-refractivity contribution in [3.63, 3.8) is 0 Å². The van der Waals surface area contributed by atoms with E-state index in [0.717, 1.165) is 71.8 Å². The SMILES string of the molecule is [2H]C([2H])([2H])[n+]1[c-]n(-c2cccc(Oc3ccc4c5ccccc5n(-c5ccccn5)c4c3)c2)c2cccc(-c3c(C(C)(C)C)ccc4c5ccccc5n(-c5ccccc5)c34)c21. The molecule has 0 saturated heterocycles. The first kappa shape index (κ1) is 31.6. The molecule has 0 aliphatic rings. The largest absolute Gasteiger partial charge is 0.458 e. The lowest BCUT2D eigenvalue weighted by atomic mass is 9.80. The molecular weight excluding hydrogens is 723 g/mol. The Hall–Kier alpha value is -7.44. The van der Waals surface area contributed by atoms with Crippen molar-refractivity contribution in [3.8, 4) is 39.8 Å². The second kappa shape index (κ2) is 13.3. The van der Waals surface area contributed by atoms with Crippen LogP contribution in [0.25, 0.3) is 83.0 Å². The Kier molecular flexibility index (Phi) is 7.14. The number of imidazole rings is 1. The highest BCUT2D eigenvalue weighted by Gasteiger charge is 2.27. The molecule has 284 valence electrons. The van der Waals surface area contributed by atoms with Gasteiger partial charge in [-0.05, 0) is 77.2 Å². The maximum atomic E-state index is 8.89. The number of pyridine rings is 1. The molecular formula is C53H41N5O. The number of ether oxygens (including phenoxy) is 1. The van der Waals surface area contributed by atoms with Crippen molar-refractivity contribution >= 4 is 54.6 Å². The van der Waals surface area contributed by atoms with Crippen molar-refractivity contribution in [1.29, 1.82) is 0 Å². The van der Waals surface area contributed by atoms with E-state index >= 15 is 0 Å². The Morgan fingerprint density at radius 1 is 0.576 bits per heavy atom. The van der Waals surface area contributed by atoms with Gasteiger partial charge in [-0.1, -0.05) is 124 Å². The number of para-hydroxylation sites is 4. The summed E-state index contributed by atoms with van der Waals surface area (Å²) in [6.07, 6.45) is 5.09. The van der Waals surface area contributed by atoms with Crippen LogP contribution in [-0.4, -0.2) is 18.7 Å². The maximum Gasteiger partial charge on any atom is 0.244 e. The quantitative estimate of drug-likeness (QED) is 0.125. The highest BCUT2D eigenvalue weighted by atomic mass is 16.5. The summed E-state index contributed by atoms with van der Waals surface area (Å²) in [6, 6.07) is 57.4. The van der Waals surface area contributed by atoms with Gasteiger partial charge in [0.1, 0.15) is 17.3 Å². The van der Waals surface area contributed by atoms with E-state index in [0.29, 0.717) is 28.2 Å². The molecule has 0 fully saturated rings. The number of hydrogen-bond donors (Lipinski definition) is 0. The average Bonchev–Trinajstić information content (AvgIpc) is 3.95. The molecule has 11 rings (SSSR count). The minimum absolute atomic E-state index is 0.290. The zero-order valence-corrected chi connectivity index (χ0v) is 32.9. The number of fused-ring (bicyclic) bond motifs is 7. The number of nitrogens with zero attached hydrogens (tertiary/aromatic N) is 5. The van der Waals surface area contributed by atoms with Crippen molar-refractivity contribution in [3.05, 3.63) is 188 Å². The topological polar surface area (TPSA) is 40.8 Å². The van der Waals surface area contributed by atoms with Crippen molar-refractivity contribution < 1.29 is 13.4 Å². The number of aromatic nitrogens is 5. The molecule has 0 atom stereocenters. The molecule has 4 aromatic heterocycles. The molecule has 0 N–H and O–H groups in total. The average molecular weight is 767 g/mol. The van der Waals surface area contributed by atoms with E-state index in [9.17, 15) is 0 Å². The van der Waals surface area contributed by atoms with Gasteiger partial charge in [-0.3, -0.25) is 4.57 Å². The molecule has 0 saturated carbocycles. The van der Waals surface area contributed by atoms with Crippen molar-refractivity contribution in [2.24, 2.45) is 6.98 Å². The summed E-state index contributed by atoms with van der Waals surface area (Å²) >= 11 is 0. The van der Waals surface area contributed by atoms with Gasteiger partial charge in [-0.2, -0.15) is 0 Å². The Bertz CT molecular complexity index is 3520. The Morgan fingerprint density at radius 3 is 2.02 bits per heavy atom. The van der Waals surface area contributed by atoms with E-state index in [1.165, 1.54) is 4.57 Å². The third kappa shape index (κ3) is 5.55. The van der Waals surface area contributed by atoms with E-state index in [4.69, 9.17) is 8.85 Å². The minimum Gasteiger partial charge on any atom is -0.458 e. The van der Waals surface area contributed by atoms with Crippen LogP contribution in [0.2, 0.25) is 0 Å². The molecule has 0 unspecified atom stereocenters. The zero-order valence-electron chi connectivity index (χ0n) is 35.9. The summed E-state index contributed by atoms with van der Waals surface area (Å²) in [4.78, 5) is 4.68. The van der Waals surface area contributed by atoms with Gasteiger partial charge in [0.05, 0.1) is 49.9 Å². The van der Waals surface area contributed by atoms with Gasteiger partial charge in [0, 0.05) is 45.1 Å². The lowest BCUT2D eigenvalue weighted by Gasteiger charge is -2.26. The zero-order chi connectivity index (χ0) is 42.3. The third-order valence-electron chi connectivity index (χ3n) is 11.4. The predicted molar refractivity (Wildman–Crippen MR) is 240 cm³/mol. The Balaban J connectivity index is 1.10. The van der Waals surface area contributed by atoms with Crippen molar-refractivity contribution in [2.45, 2.75) is 26.2 Å². The van der Waals surface area contributed by atoms with E-state index in [1.54, 1.807) is 6.20 Å². The van der Waals surface area contributed by atoms with Crippen molar-refractivity contribution in [1.82, 2.24) is 18.7 Å². The van der Waals surface area contributed by atoms with Gasteiger partial charge in [-0.25, -0.2) is 4.98 Å². The molecule has 0 amide bonds. The Labute approximate surface area is 346 Å². The normalized spacial score (nSPS) is 13.0. The third-order valence-corrected chi connectivity index (χ3v) is 11.4. The summed E-state index contributed by atoms with van der Waals surface area (Å²) in [6.45, 7) is 4.09. The van der Waals surface area contributed by atoms with E-state index in [1.807, 2.05) is 83.4 Å². The van der Waals surface area contributed by atoms with Gasteiger partial charge >= 0.3 is 0 Å². The van der Waals surface area contributed by atoms with Crippen LogP contribution in [0.1, 0.15) is 30.4 Å². The van der Waals surface area contributed by atoms with Gasteiger partial charge in [-0.15, -0.1) is 0 Å². The molecule has 6 nitrogen and oxygen atoms in total. The molecule has 7 aromatic carbocycles. The molecule has 0 spiro atoms. The minimum atomic E-state index is -2.54. The second-order valence-electron chi connectivity index (χ2n) is 16.1. The monoisotopic (exact) mass is 766 g/mol. The summed E-state index contributed by atoms with van der Waals surface area (Å²) in [7, 11) is 0. The highest BCUT2D eigenvalue weighted by Crippen LogP contribution is 2.45. The van der Waals surface area contributed by atoms with Crippen LogP contribution in [-0.2, 0) is 12.4 Å². The lowest BCUT2D eigenvalue weighted by Crippen LogP contribution is -2.27. The molecule has 6 heteroatoms. The van der Waals surface area contributed by atoms with Crippen LogP contribution in [0.15, 0.2) is 176 Å². The second-order valence-corrected chi connectivity index (χ2v) is 16.1. The summed E-state index contributed by atoms with van der Waals surface area (Å²) < 4.78 is 40.9. The predicted octanol–water partition coefficient (Wildman–Crippen LogP) is 12.6. The fourth-order valence-corrected chi connectivity index (χ4v) is 8.92. The van der Waals surface area contributed by atoms with Crippen LogP contribution < -0.4 is 9.30 Å².